The number of aromatic amines is 1. The predicted octanol–water partition coefficient (Wildman–Crippen LogP) is 4.00. The van der Waals surface area contributed by atoms with Crippen LogP contribution in [0.3, 0.4) is 0 Å². The molecule has 0 saturated carbocycles. The first-order valence-electron chi connectivity index (χ1n) is 8.20. The molecular weight excluding hydrogens is 328 g/mol. The molecule has 3 rings (SSSR count). The Kier molecular flexibility index (Phi) is 4.04. The van der Waals surface area contributed by atoms with Crippen LogP contribution in [-0.2, 0) is 11.2 Å². The third kappa shape index (κ3) is 2.38. The van der Waals surface area contributed by atoms with Gasteiger partial charge in [0, 0.05) is 17.6 Å². The Bertz CT molecular complexity index is 799. The Morgan fingerprint density at radius 1 is 1.38 bits per heavy atom. The maximum atomic E-state index is 12.2. The van der Waals surface area contributed by atoms with E-state index in [0.717, 1.165) is 22.2 Å². The standard InChI is InChI=1S/C18H23ClN2O3/c1-5-17(3)18(4,23)21(16(22)24-17)10-9-12-11(2)20-15-13(12)7-6-8-14(15)19/h6-8,20,23H,5,9-10H2,1-4H3/t17-,18+/m0/s1. The summed E-state index contributed by atoms with van der Waals surface area (Å²) in [6, 6.07) is 5.77. The zero-order chi connectivity index (χ0) is 17.7. The van der Waals surface area contributed by atoms with Gasteiger partial charge in [0.2, 0.25) is 0 Å². The number of carbonyl (C=O) groups is 1. The van der Waals surface area contributed by atoms with Crippen molar-refractivity contribution in [2.45, 2.75) is 51.9 Å². The molecule has 1 amide bonds. The van der Waals surface area contributed by atoms with E-state index >= 15 is 0 Å². The van der Waals surface area contributed by atoms with Crippen molar-refractivity contribution in [3.8, 4) is 0 Å². The summed E-state index contributed by atoms with van der Waals surface area (Å²) in [6.45, 7) is 7.67. The lowest BCUT2D eigenvalue weighted by Crippen LogP contribution is -2.55. The number of amides is 1. The van der Waals surface area contributed by atoms with Crippen molar-refractivity contribution < 1.29 is 14.6 Å². The first-order chi connectivity index (χ1) is 11.2. The molecule has 130 valence electrons. The number of nitrogens with zero attached hydrogens (tertiary/aromatic N) is 1. The monoisotopic (exact) mass is 350 g/mol. The number of rotatable bonds is 4. The lowest BCUT2D eigenvalue weighted by atomic mass is 9.90. The van der Waals surface area contributed by atoms with Crippen molar-refractivity contribution in [2.24, 2.45) is 0 Å². The van der Waals surface area contributed by atoms with Crippen LogP contribution >= 0.6 is 11.6 Å². The summed E-state index contributed by atoms with van der Waals surface area (Å²) < 4.78 is 5.44. The van der Waals surface area contributed by atoms with Crippen LogP contribution in [0.4, 0.5) is 4.79 Å². The third-order valence-electron chi connectivity index (χ3n) is 5.42. The van der Waals surface area contributed by atoms with Crippen molar-refractivity contribution >= 4 is 28.6 Å². The molecule has 6 heteroatoms. The smallest absolute Gasteiger partial charge is 0.412 e. The number of aromatic nitrogens is 1. The molecule has 1 fully saturated rings. The van der Waals surface area contributed by atoms with Crippen LogP contribution in [0, 0.1) is 6.92 Å². The number of cyclic esters (lactones) is 1. The highest BCUT2D eigenvalue weighted by Crippen LogP contribution is 2.40. The number of aryl methyl sites for hydroxylation is 1. The number of para-hydroxylation sites is 1. The van der Waals surface area contributed by atoms with E-state index in [4.69, 9.17) is 16.3 Å². The summed E-state index contributed by atoms with van der Waals surface area (Å²) in [6.07, 6.45) is 0.682. The normalized spacial score (nSPS) is 27.1. The van der Waals surface area contributed by atoms with Crippen molar-refractivity contribution in [3.63, 3.8) is 0 Å². The first kappa shape index (κ1) is 17.1. The number of ether oxygens (including phenoxy) is 1. The van der Waals surface area contributed by atoms with Gasteiger partial charge in [-0.2, -0.15) is 0 Å². The summed E-state index contributed by atoms with van der Waals surface area (Å²) in [4.78, 5) is 17.0. The van der Waals surface area contributed by atoms with Gasteiger partial charge in [-0.25, -0.2) is 4.79 Å². The Labute approximate surface area is 146 Å². The number of fused-ring (bicyclic) bond motifs is 1. The van der Waals surface area contributed by atoms with E-state index in [0.29, 0.717) is 24.4 Å². The SMILES string of the molecule is CC[C@]1(C)OC(=O)N(CCc2c(C)[nH]c3c(Cl)cccc23)[C@]1(C)O. The maximum Gasteiger partial charge on any atom is 0.412 e. The van der Waals surface area contributed by atoms with Crippen molar-refractivity contribution in [3.05, 3.63) is 34.5 Å². The predicted molar refractivity (Wildman–Crippen MR) is 94.3 cm³/mol. The fourth-order valence-electron chi connectivity index (χ4n) is 3.44. The van der Waals surface area contributed by atoms with Crippen LogP contribution in [0.15, 0.2) is 18.2 Å². The van der Waals surface area contributed by atoms with E-state index in [2.05, 4.69) is 4.98 Å². The van der Waals surface area contributed by atoms with Crippen LogP contribution in [-0.4, -0.2) is 39.0 Å². The Morgan fingerprint density at radius 3 is 2.71 bits per heavy atom. The molecule has 2 heterocycles. The van der Waals surface area contributed by atoms with Gasteiger partial charge in [0.1, 0.15) is 0 Å². The minimum atomic E-state index is -1.34. The number of aliphatic hydroxyl groups is 1. The molecular formula is C18H23ClN2O3. The second kappa shape index (κ2) is 5.67. The van der Waals surface area contributed by atoms with E-state index < -0.39 is 17.4 Å². The molecule has 1 aromatic heterocycles. The highest BCUT2D eigenvalue weighted by Gasteiger charge is 2.58. The minimum absolute atomic E-state index is 0.377. The summed E-state index contributed by atoms with van der Waals surface area (Å²) >= 11 is 6.24. The van der Waals surface area contributed by atoms with Gasteiger partial charge in [-0.1, -0.05) is 30.7 Å². The second-order valence-electron chi connectivity index (χ2n) is 6.77. The number of benzene rings is 1. The third-order valence-corrected chi connectivity index (χ3v) is 5.74. The Morgan fingerprint density at radius 2 is 2.08 bits per heavy atom. The summed E-state index contributed by atoms with van der Waals surface area (Å²) in [5.74, 6) is 0. The molecule has 1 aliphatic rings. The number of carbonyl (C=O) groups excluding carboxylic acids is 1. The highest BCUT2D eigenvalue weighted by molar-refractivity contribution is 6.35. The molecule has 1 saturated heterocycles. The molecule has 0 bridgehead atoms. The minimum Gasteiger partial charge on any atom is -0.438 e. The number of hydrogen-bond acceptors (Lipinski definition) is 3. The summed E-state index contributed by atoms with van der Waals surface area (Å²) in [7, 11) is 0. The highest BCUT2D eigenvalue weighted by atomic mass is 35.5. The first-order valence-corrected chi connectivity index (χ1v) is 8.57. The van der Waals surface area contributed by atoms with E-state index in [1.807, 2.05) is 32.0 Å². The fourth-order valence-corrected chi connectivity index (χ4v) is 3.66. The average molecular weight is 351 g/mol. The fraction of sp³-hybridized carbons (Fsp3) is 0.500. The Hall–Kier alpha value is -1.72. The zero-order valence-electron chi connectivity index (χ0n) is 14.4. The number of hydrogen-bond donors (Lipinski definition) is 2. The van der Waals surface area contributed by atoms with Gasteiger partial charge in [0.05, 0.1) is 10.5 Å². The molecule has 0 aliphatic carbocycles. The van der Waals surface area contributed by atoms with Crippen LogP contribution in [0.1, 0.15) is 38.4 Å². The van der Waals surface area contributed by atoms with Crippen molar-refractivity contribution in [1.29, 1.82) is 0 Å². The molecule has 0 spiro atoms. The zero-order valence-corrected chi connectivity index (χ0v) is 15.2. The number of H-pyrrole nitrogens is 1. The lowest BCUT2D eigenvalue weighted by molar-refractivity contribution is -0.137. The van der Waals surface area contributed by atoms with E-state index in [1.54, 1.807) is 13.8 Å². The van der Waals surface area contributed by atoms with Crippen LogP contribution < -0.4 is 0 Å². The topological polar surface area (TPSA) is 65.6 Å². The lowest BCUT2D eigenvalue weighted by Gasteiger charge is -2.36. The van der Waals surface area contributed by atoms with Gasteiger partial charge in [-0.05, 0) is 45.2 Å². The van der Waals surface area contributed by atoms with E-state index in [9.17, 15) is 9.90 Å². The largest absolute Gasteiger partial charge is 0.438 e. The maximum absolute atomic E-state index is 12.2. The molecule has 1 aromatic carbocycles. The number of nitrogens with one attached hydrogen (secondary N) is 1. The van der Waals surface area contributed by atoms with Gasteiger partial charge in [0.15, 0.2) is 11.3 Å². The Balaban J connectivity index is 1.88. The van der Waals surface area contributed by atoms with Gasteiger partial charge in [0.25, 0.3) is 0 Å². The molecule has 0 unspecified atom stereocenters. The van der Waals surface area contributed by atoms with Crippen molar-refractivity contribution in [2.75, 3.05) is 6.54 Å². The van der Waals surface area contributed by atoms with Crippen LogP contribution in [0.2, 0.25) is 5.02 Å². The van der Waals surface area contributed by atoms with E-state index in [-0.39, 0.29) is 0 Å². The molecule has 2 atom stereocenters. The quantitative estimate of drug-likeness (QED) is 0.875. The molecule has 24 heavy (non-hydrogen) atoms. The van der Waals surface area contributed by atoms with Crippen LogP contribution in [0.5, 0.6) is 0 Å². The molecule has 0 radical (unpaired) electrons. The van der Waals surface area contributed by atoms with E-state index in [1.165, 1.54) is 4.90 Å². The van der Waals surface area contributed by atoms with Gasteiger partial charge >= 0.3 is 6.09 Å². The summed E-state index contributed by atoms with van der Waals surface area (Å²) in [5.41, 5.74) is 0.782. The summed E-state index contributed by atoms with van der Waals surface area (Å²) in [5, 5.41) is 12.6. The molecule has 2 N–H and O–H groups in total. The van der Waals surface area contributed by atoms with Gasteiger partial charge < -0.3 is 14.8 Å². The molecule has 5 nitrogen and oxygen atoms in total. The molecule has 2 aromatic rings. The average Bonchev–Trinajstić information content (AvgIpc) is 2.92. The van der Waals surface area contributed by atoms with Gasteiger partial charge in [-0.15, -0.1) is 0 Å². The second-order valence-corrected chi connectivity index (χ2v) is 7.17. The van der Waals surface area contributed by atoms with Gasteiger partial charge in [-0.3, -0.25) is 4.90 Å². The van der Waals surface area contributed by atoms with Crippen LogP contribution in [0.25, 0.3) is 10.9 Å². The molecule has 1 aliphatic heterocycles. The van der Waals surface area contributed by atoms with Crippen molar-refractivity contribution in [1.82, 2.24) is 9.88 Å². The number of halogens is 1.